The zero-order valence-corrected chi connectivity index (χ0v) is 12.7. The van der Waals surface area contributed by atoms with Crippen molar-refractivity contribution in [2.45, 2.75) is 59.3 Å². The summed E-state index contributed by atoms with van der Waals surface area (Å²) in [5.74, 6) is 0.165. The molecule has 2 rings (SSSR count). The van der Waals surface area contributed by atoms with E-state index in [1.165, 1.54) is 12.8 Å². The normalized spacial score (nSPS) is 25.6. The maximum atomic E-state index is 11.8. The molecule has 1 saturated heterocycles. The van der Waals surface area contributed by atoms with Gasteiger partial charge in [-0.1, -0.05) is 46.5 Å². The van der Waals surface area contributed by atoms with E-state index in [-0.39, 0.29) is 0 Å². The van der Waals surface area contributed by atoms with Crippen LogP contribution in [0.15, 0.2) is 0 Å². The molecule has 1 aliphatic carbocycles. The van der Waals surface area contributed by atoms with Crippen LogP contribution in [0.1, 0.15) is 59.3 Å². The highest BCUT2D eigenvalue weighted by molar-refractivity contribution is 5.75. The van der Waals surface area contributed by atoms with E-state index in [0.717, 1.165) is 51.2 Å². The molecular formula is C16H29NO2. The predicted octanol–water partition coefficient (Wildman–Crippen LogP) is 3.39. The topological polar surface area (TPSA) is 40.5 Å². The molecule has 0 aromatic rings. The molecular weight excluding hydrogens is 238 g/mol. The third-order valence-electron chi connectivity index (χ3n) is 5.22. The van der Waals surface area contributed by atoms with Crippen molar-refractivity contribution in [2.75, 3.05) is 19.6 Å². The van der Waals surface area contributed by atoms with Crippen LogP contribution < -0.4 is 0 Å². The minimum absolute atomic E-state index is 0.357. The maximum absolute atomic E-state index is 11.8. The highest BCUT2D eigenvalue weighted by Crippen LogP contribution is 2.40. The smallest absolute Gasteiger partial charge is 0.310 e. The van der Waals surface area contributed by atoms with Gasteiger partial charge in [0.05, 0.1) is 5.41 Å². The Bertz CT molecular complexity index is 318. The monoisotopic (exact) mass is 267 g/mol. The van der Waals surface area contributed by atoms with E-state index in [2.05, 4.69) is 25.7 Å². The lowest BCUT2D eigenvalue weighted by Gasteiger charge is -2.49. The number of hydrogen-bond acceptors (Lipinski definition) is 2. The van der Waals surface area contributed by atoms with Crippen molar-refractivity contribution in [1.29, 1.82) is 0 Å². The Kier molecular flexibility index (Phi) is 4.24. The fraction of sp³-hybridized carbons (Fsp3) is 0.938. The third kappa shape index (κ3) is 3.31. The van der Waals surface area contributed by atoms with Crippen LogP contribution in [0.5, 0.6) is 0 Å². The first-order valence-electron chi connectivity index (χ1n) is 7.79. The highest BCUT2D eigenvalue weighted by atomic mass is 16.4. The van der Waals surface area contributed by atoms with Crippen molar-refractivity contribution in [3.63, 3.8) is 0 Å². The number of rotatable bonds is 3. The van der Waals surface area contributed by atoms with Crippen molar-refractivity contribution in [2.24, 2.45) is 16.7 Å². The minimum atomic E-state index is -0.561. The lowest BCUT2D eigenvalue weighted by Crippen LogP contribution is -2.56. The number of carboxylic acid groups (broad SMARTS) is 1. The molecule has 0 unspecified atom stereocenters. The largest absolute Gasteiger partial charge is 0.481 e. The van der Waals surface area contributed by atoms with Gasteiger partial charge in [0.25, 0.3) is 0 Å². The van der Waals surface area contributed by atoms with Crippen LogP contribution >= 0.6 is 0 Å². The molecule has 0 amide bonds. The van der Waals surface area contributed by atoms with E-state index in [4.69, 9.17) is 0 Å². The molecule has 19 heavy (non-hydrogen) atoms. The van der Waals surface area contributed by atoms with Crippen molar-refractivity contribution < 1.29 is 9.90 Å². The Morgan fingerprint density at radius 2 is 1.68 bits per heavy atom. The van der Waals surface area contributed by atoms with E-state index in [1.807, 2.05) is 0 Å². The van der Waals surface area contributed by atoms with Crippen LogP contribution in [0.25, 0.3) is 0 Å². The van der Waals surface area contributed by atoms with Gasteiger partial charge in [-0.25, -0.2) is 0 Å². The van der Waals surface area contributed by atoms with Gasteiger partial charge in [0.2, 0.25) is 0 Å². The molecule has 3 heteroatoms. The Morgan fingerprint density at radius 3 is 2.11 bits per heavy atom. The van der Waals surface area contributed by atoms with Gasteiger partial charge in [0.1, 0.15) is 0 Å². The number of aliphatic carboxylic acids is 1. The first kappa shape index (κ1) is 14.8. The van der Waals surface area contributed by atoms with Crippen molar-refractivity contribution in [3.8, 4) is 0 Å². The quantitative estimate of drug-likeness (QED) is 0.797. The summed E-state index contributed by atoms with van der Waals surface area (Å²) in [6, 6.07) is 0. The molecule has 0 aromatic heterocycles. The lowest BCUT2D eigenvalue weighted by molar-refractivity contribution is -0.153. The summed E-state index contributed by atoms with van der Waals surface area (Å²) in [5, 5.41) is 9.68. The Hall–Kier alpha value is -0.570. The minimum Gasteiger partial charge on any atom is -0.481 e. The number of hydrogen-bond donors (Lipinski definition) is 1. The summed E-state index contributed by atoms with van der Waals surface area (Å²) in [6.07, 6.45) is 6.34. The van der Waals surface area contributed by atoms with Gasteiger partial charge in [-0.05, 0) is 24.2 Å². The summed E-state index contributed by atoms with van der Waals surface area (Å²) in [7, 11) is 0. The van der Waals surface area contributed by atoms with E-state index < -0.39 is 11.4 Å². The lowest BCUT2D eigenvalue weighted by atomic mass is 9.73. The van der Waals surface area contributed by atoms with Crippen molar-refractivity contribution in [1.82, 2.24) is 4.90 Å². The zero-order valence-electron chi connectivity index (χ0n) is 12.7. The fourth-order valence-corrected chi connectivity index (χ4v) is 3.52. The molecule has 0 atom stereocenters. The summed E-state index contributed by atoms with van der Waals surface area (Å²) in [6.45, 7) is 9.79. The van der Waals surface area contributed by atoms with E-state index in [9.17, 15) is 9.90 Å². The van der Waals surface area contributed by atoms with E-state index >= 15 is 0 Å². The highest BCUT2D eigenvalue weighted by Gasteiger charge is 2.44. The van der Waals surface area contributed by atoms with Crippen LogP contribution in [0.4, 0.5) is 0 Å². The molecule has 0 bridgehead atoms. The average Bonchev–Trinajstić information content (AvgIpc) is 2.47. The molecule has 2 fully saturated rings. The SMILES string of the molecule is CC(C)(C)C1CN(CC2(C(=O)O)CCCCCC2)C1. The van der Waals surface area contributed by atoms with Crippen LogP contribution in [0.2, 0.25) is 0 Å². The van der Waals surface area contributed by atoms with Crippen LogP contribution in [0, 0.1) is 16.7 Å². The number of carboxylic acids is 1. The number of likely N-dealkylation sites (tertiary alicyclic amines) is 1. The van der Waals surface area contributed by atoms with Gasteiger partial charge in [-0.3, -0.25) is 4.79 Å². The average molecular weight is 267 g/mol. The Balaban J connectivity index is 1.94. The van der Waals surface area contributed by atoms with Crippen LogP contribution in [-0.4, -0.2) is 35.6 Å². The second-order valence-corrected chi connectivity index (χ2v) is 7.76. The molecule has 1 heterocycles. The summed E-state index contributed by atoms with van der Waals surface area (Å²) < 4.78 is 0. The third-order valence-corrected chi connectivity index (χ3v) is 5.22. The molecule has 1 aliphatic heterocycles. The van der Waals surface area contributed by atoms with Gasteiger partial charge in [0, 0.05) is 19.6 Å². The van der Waals surface area contributed by atoms with Gasteiger partial charge in [-0.15, -0.1) is 0 Å². The second kappa shape index (κ2) is 5.43. The zero-order chi connectivity index (χ0) is 14.1. The first-order valence-corrected chi connectivity index (χ1v) is 7.79. The van der Waals surface area contributed by atoms with E-state index in [1.54, 1.807) is 0 Å². The summed E-state index contributed by atoms with van der Waals surface area (Å²) in [5.41, 5.74) is -0.101. The van der Waals surface area contributed by atoms with Gasteiger partial charge < -0.3 is 10.0 Å². The molecule has 0 spiro atoms. The molecule has 3 nitrogen and oxygen atoms in total. The summed E-state index contributed by atoms with van der Waals surface area (Å²) >= 11 is 0. The summed E-state index contributed by atoms with van der Waals surface area (Å²) in [4.78, 5) is 14.1. The fourth-order valence-electron chi connectivity index (χ4n) is 3.52. The van der Waals surface area contributed by atoms with E-state index in [0.29, 0.717) is 5.41 Å². The van der Waals surface area contributed by atoms with Crippen LogP contribution in [-0.2, 0) is 4.79 Å². The van der Waals surface area contributed by atoms with Gasteiger partial charge in [0.15, 0.2) is 0 Å². The standard InChI is InChI=1S/C16H29NO2/c1-15(2,3)13-10-17(11-13)12-16(14(18)19)8-6-4-5-7-9-16/h13H,4-12H2,1-3H3,(H,18,19). The molecule has 0 radical (unpaired) electrons. The second-order valence-electron chi connectivity index (χ2n) is 7.76. The Morgan fingerprint density at radius 1 is 1.16 bits per heavy atom. The van der Waals surface area contributed by atoms with Crippen molar-refractivity contribution >= 4 is 5.97 Å². The van der Waals surface area contributed by atoms with Gasteiger partial charge >= 0.3 is 5.97 Å². The number of carbonyl (C=O) groups is 1. The van der Waals surface area contributed by atoms with Gasteiger partial charge in [-0.2, -0.15) is 0 Å². The molecule has 0 aromatic carbocycles. The number of nitrogens with zero attached hydrogens (tertiary/aromatic N) is 1. The Labute approximate surface area is 117 Å². The maximum Gasteiger partial charge on any atom is 0.310 e. The van der Waals surface area contributed by atoms with Crippen LogP contribution in [0.3, 0.4) is 0 Å². The molecule has 2 aliphatic rings. The predicted molar refractivity (Wildman–Crippen MR) is 77.2 cm³/mol. The molecule has 1 N–H and O–H groups in total. The van der Waals surface area contributed by atoms with Crippen molar-refractivity contribution in [3.05, 3.63) is 0 Å². The first-order chi connectivity index (χ1) is 8.83. The molecule has 110 valence electrons. The molecule has 1 saturated carbocycles.